The Balaban J connectivity index is 1.94. The van der Waals surface area contributed by atoms with Crippen molar-refractivity contribution in [3.63, 3.8) is 0 Å². The first-order valence-electron chi connectivity index (χ1n) is 9.09. The normalized spacial score (nSPS) is 12.3. The minimum Gasteiger partial charge on any atom is -0.465 e. The molecule has 1 unspecified atom stereocenters. The van der Waals surface area contributed by atoms with Crippen LogP contribution in [0.1, 0.15) is 31.4 Å². The van der Waals surface area contributed by atoms with Gasteiger partial charge in [0.2, 0.25) is 0 Å². The number of ether oxygens (including phenoxy) is 1. The molecule has 0 aliphatic heterocycles. The molecule has 0 fully saturated rings. The van der Waals surface area contributed by atoms with Crippen molar-refractivity contribution in [1.82, 2.24) is 4.57 Å². The van der Waals surface area contributed by atoms with Crippen molar-refractivity contribution in [2.45, 2.75) is 43.9 Å². The molecule has 3 nitrogen and oxygen atoms in total. The van der Waals surface area contributed by atoms with E-state index in [1.807, 2.05) is 13.8 Å². The van der Waals surface area contributed by atoms with Gasteiger partial charge in [-0.1, -0.05) is 49.4 Å². The highest BCUT2D eigenvalue weighted by Crippen LogP contribution is 2.34. The number of fused-ring (bicyclic) bond motifs is 1. The Morgan fingerprint density at radius 2 is 1.85 bits per heavy atom. The van der Waals surface area contributed by atoms with E-state index in [1.165, 1.54) is 22.0 Å². The zero-order valence-electron chi connectivity index (χ0n) is 15.6. The van der Waals surface area contributed by atoms with Gasteiger partial charge in [-0.25, -0.2) is 0 Å². The maximum atomic E-state index is 12.2. The second kappa shape index (κ2) is 8.45. The molecule has 26 heavy (non-hydrogen) atoms. The Labute approximate surface area is 159 Å². The molecule has 0 spiro atoms. The first-order chi connectivity index (χ1) is 12.6. The van der Waals surface area contributed by atoms with Gasteiger partial charge in [-0.15, -0.1) is 11.8 Å². The van der Waals surface area contributed by atoms with Crippen molar-refractivity contribution < 1.29 is 9.53 Å². The summed E-state index contributed by atoms with van der Waals surface area (Å²) < 4.78 is 7.51. The molecule has 0 bridgehead atoms. The largest absolute Gasteiger partial charge is 0.465 e. The monoisotopic (exact) mass is 367 g/mol. The summed E-state index contributed by atoms with van der Waals surface area (Å²) in [6, 6.07) is 16.8. The second-order valence-corrected chi connectivity index (χ2v) is 7.58. The molecule has 0 saturated carbocycles. The minimum absolute atomic E-state index is 0.129. The van der Waals surface area contributed by atoms with Gasteiger partial charge in [-0.05, 0) is 37.5 Å². The standard InChI is InChI=1S/C22H25NO2S/c1-4-20(22(24)25-5-2)26-21-15-23(19-13-9-8-12-18(19)21)14-17-11-7-6-10-16(17)3/h6-13,15,20H,4-5,14H2,1-3H3. The molecule has 0 N–H and O–H groups in total. The lowest BCUT2D eigenvalue weighted by molar-refractivity contribution is -0.142. The Kier molecular flexibility index (Phi) is 6.04. The van der Waals surface area contributed by atoms with E-state index in [0.717, 1.165) is 17.9 Å². The molecule has 0 aliphatic rings. The summed E-state index contributed by atoms with van der Waals surface area (Å²) in [5, 5.41) is 1.02. The summed E-state index contributed by atoms with van der Waals surface area (Å²) >= 11 is 1.61. The molecular formula is C22H25NO2S. The van der Waals surface area contributed by atoms with Crippen molar-refractivity contribution in [3.05, 3.63) is 65.9 Å². The predicted octanol–water partition coefficient (Wildman–Crippen LogP) is 5.43. The molecule has 1 aromatic heterocycles. The average molecular weight is 368 g/mol. The van der Waals surface area contributed by atoms with Crippen LogP contribution in [0.4, 0.5) is 0 Å². The maximum Gasteiger partial charge on any atom is 0.319 e. The van der Waals surface area contributed by atoms with Crippen molar-refractivity contribution in [2.75, 3.05) is 6.61 Å². The number of para-hydroxylation sites is 1. The number of nitrogens with zero attached hydrogens (tertiary/aromatic N) is 1. The number of carbonyl (C=O) groups excluding carboxylic acids is 1. The van der Waals surface area contributed by atoms with Crippen LogP contribution in [-0.2, 0) is 16.1 Å². The number of benzene rings is 2. The van der Waals surface area contributed by atoms with E-state index in [4.69, 9.17) is 4.74 Å². The fourth-order valence-corrected chi connectivity index (χ4v) is 4.22. The van der Waals surface area contributed by atoms with E-state index in [1.54, 1.807) is 11.8 Å². The van der Waals surface area contributed by atoms with Gasteiger partial charge in [0, 0.05) is 28.5 Å². The van der Waals surface area contributed by atoms with Crippen LogP contribution in [-0.4, -0.2) is 22.4 Å². The zero-order chi connectivity index (χ0) is 18.5. The van der Waals surface area contributed by atoms with Crippen LogP contribution >= 0.6 is 11.8 Å². The first-order valence-corrected chi connectivity index (χ1v) is 9.97. The average Bonchev–Trinajstić information content (AvgIpc) is 2.99. The van der Waals surface area contributed by atoms with Crippen LogP contribution in [0.15, 0.2) is 59.6 Å². The van der Waals surface area contributed by atoms with Crippen molar-refractivity contribution in [2.24, 2.45) is 0 Å². The summed E-state index contributed by atoms with van der Waals surface area (Å²) in [6.45, 7) is 7.27. The van der Waals surface area contributed by atoms with Crippen molar-refractivity contribution >= 4 is 28.6 Å². The van der Waals surface area contributed by atoms with E-state index in [0.29, 0.717) is 6.61 Å². The molecule has 3 rings (SSSR count). The Hall–Kier alpha value is -2.20. The lowest BCUT2D eigenvalue weighted by Gasteiger charge is -2.12. The number of hydrogen-bond donors (Lipinski definition) is 0. The number of thioether (sulfide) groups is 1. The van der Waals surface area contributed by atoms with Gasteiger partial charge in [0.15, 0.2) is 0 Å². The third kappa shape index (κ3) is 3.96. The molecule has 4 heteroatoms. The fourth-order valence-electron chi connectivity index (χ4n) is 3.10. The highest BCUT2D eigenvalue weighted by Gasteiger charge is 2.21. The van der Waals surface area contributed by atoms with Crippen LogP contribution in [0.5, 0.6) is 0 Å². The molecule has 1 heterocycles. The zero-order valence-corrected chi connectivity index (χ0v) is 16.4. The van der Waals surface area contributed by atoms with Crippen LogP contribution in [0.2, 0.25) is 0 Å². The molecule has 0 amide bonds. The smallest absolute Gasteiger partial charge is 0.319 e. The second-order valence-electron chi connectivity index (χ2n) is 6.33. The topological polar surface area (TPSA) is 31.2 Å². The van der Waals surface area contributed by atoms with E-state index < -0.39 is 0 Å². The summed E-state index contributed by atoms with van der Waals surface area (Å²) in [5.41, 5.74) is 3.79. The fraction of sp³-hybridized carbons (Fsp3) is 0.318. The van der Waals surface area contributed by atoms with Crippen LogP contribution in [0.3, 0.4) is 0 Å². The predicted molar refractivity (Wildman–Crippen MR) is 109 cm³/mol. The Bertz CT molecular complexity index is 900. The SMILES string of the molecule is CCOC(=O)C(CC)Sc1cn(Cc2ccccc2C)c2ccccc12. The summed E-state index contributed by atoms with van der Waals surface area (Å²) in [5.74, 6) is -0.129. The van der Waals surface area contributed by atoms with Gasteiger partial charge in [-0.2, -0.15) is 0 Å². The Morgan fingerprint density at radius 1 is 1.12 bits per heavy atom. The van der Waals surface area contributed by atoms with Crippen molar-refractivity contribution in [1.29, 1.82) is 0 Å². The van der Waals surface area contributed by atoms with Gasteiger partial charge in [0.1, 0.15) is 5.25 Å². The number of carbonyl (C=O) groups is 1. The third-order valence-electron chi connectivity index (χ3n) is 4.54. The molecule has 136 valence electrons. The summed E-state index contributed by atoms with van der Waals surface area (Å²) in [4.78, 5) is 13.3. The molecule has 0 saturated heterocycles. The van der Waals surface area contributed by atoms with Gasteiger partial charge in [0.25, 0.3) is 0 Å². The van der Waals surface area contributed by atoms with E-state index >= 15 is 0 Å². The number of aromatic nitrogens is 1. The van der Waals surface area contributed by atoms with Crippen LogP contribution in [0.25, 0.3) is 10.9 Å². The molecule has 3 aromatic rings. The van der Waals surface area contributed by atoms with Gasteiger partial charge >= 0.3 is 5.97 Å². The van der Waals surface area contributed by atoms with Crippen LogP contribution in [0, 0.1) is 6.92 Å². The molecule has 0 aliphatic carbocycles. The van der Waals surface area contributed by atoms with E-state index in [2.05, 4.69) is 66.2 Å². The maximum absolute atomic E-state index is 12.2. The number of rotatable bonds is 7. The van der Waals surface area contributed by atoms with Crippen molar-refractivity contribution in [3.8, 4) is 0 Å². The highest BCUT2D eigenvalue weighted by molar-refractivity contribution is 8.00. The van der Waals surface area contributed by atoms with E-state index in [9.17, 15) is 4.79 Å². The number of esters is 1. The lowest BCUT2D eigenvalue weighted by atomic mass is 10.1. The van der Waals surface area contributed by atoms with E-state index in [-0.39, 0.29) is 11.2 Å². The minimum atomic E-state index is -0.173. The molecule has 1 atom stereocenters. The first kappa shape index (κ1) is 18.6. The van der Waals surface area contributed by atoms with Crippen LogP contribution < -0.4 is 0 Å². The summed E-state index contributed by atoms with van der Waals surface area (Å²) in [6.07, 6.45) is 2.92. The Morgan fingerprint density at radius 3 is 2.58 bits per heavy atom. The molecule has 0 radical (unpaired) electrons. The number of aryl methyl sites for hydroxylation is 1. The summed E-state index contributed by atoms with van der Waals surface area (Å²) in [7, 11) is 0. The lowest BCUT2D eigenvalue weighted by Crippen LogP contribution is -2.19. The molecular weight excluding hydrogens is 342 g/mol. The van der Waals surface area contributed by atoms with Gasteiger partial charge in [0.05, 0.1) is 6.61 Å². The third-order valence-corrected chi connectivity index (χ3v) is 5.93. The number of hydrogen-bond acceptors (Lipinski definition) is 3. The molecule has 2 aromatic carbocycles. The van der Waals surface area contributed by atoms with Gasteiger partial charge in [-0.3, -0.25) is 4.79 Å². The quantitative estimate of drug-likeness (QED) is 0.412. The van der Waals surface area contributed by atoms with Gasteiger partial charge < -0.3 is 9.30 Å². The highest BCUT2D eigenvalue weighted by atomic mass is 32.2.